The van der Waals surface area contributed by atoms with Gasteiger partial charge in [0.15, 0.2) is 0 Å². The van der Waals surface area contributed by atoms with Gasteiger partial charge in [-0.2, -0.15) is 4.39 Å². The Hall–Kier alpha value is -16.5. The zero-order valence-corrected chi connectivity index (χ0v) is 81.9. The number of methoxy groups -OCH3 is 1. The van der Waals surface area contributed by atoms with Gasteiger partial charge in [-0.05, 0) is 355 Å². The van der Waals surface area contributed by atoms with Crippen LogP contribution in [0.1, 0.15) is 161 Å². The monoisotopic (exact) mass is 1910 g/mol. The van der Waals surface area contributed by atoms with Gasteiger partial charge < -0.3 is 50.6 Å². The zero-order valence-electron chi connectivity index (χ0n) is 80.3. The van der Waals surface area contributed by atoms with Crippen molar-refractivity contribution in [2.75, 3.05) is 19.5 Å². The Labute approximate surface area is 815 Å². The Morgan fingerprint density at radius 3 is 0.914 bits per heavy atom. The van der Waals surface area contributed by atoms with Crippen molar-refractivity contribution in [3.8, 4) is 52.1 Å². The third-order valence-corrected chi connectivity index (χ3v) is 23.3. The van der Waals surface area contributed by atoms with E-state index in [-0.39, 0.29) is 40.6 Å². The second-order valence-electron chi connectivity index (χ2n) is 33.6. The Morgan fingerprint density at radius 1 is 0.324 bits per heavy atom. The van der Waals surface area contributed by atoms with Crippen molar-refractivity contribution in [3.05, 3.63) is 364 Å². The Morgan fingerprint density at radius 2 is 0.604 bits per heavy atom. The number of nitrogens with two attached hydrogens (primary N) is 1. The Bertz CT molecular complexity index is 7630. The number of nitrogen functional groups attached to an aromatic ring is 1. The van der Waals surface area contributed by atoms with Gasteiger partial charge in [0.25, 0.3) is 0 Å². The normalized spacial score (nSPS) is 11.4. The van der Waals surface area contributed by atoms with E-state index in [1.165, 1.54) is 12.3 Å². The first kappa shape index (κ1) is 100.0. The minimum Gasteiger partial charge on any atom is -0.505 e. The van der Waals surface area contributed by atoms with Crippen LogP contribution < -0.4 is 19.9 Å². The molecule has 0 saturated carbocycles. The minimum absolute atomic E-state index is 0.0590. The van der Waals surface area contributed by atoms with Crippen LogP contribution in [0, 0.1) is 89.0 Å². The number of phenols is 6. The molecule has 24 heteroatoms. The number of hydrogen-bond acceptors (Lipinski definition) is 22. The SMILES string of the molecule is CCCOc1ncccc1/C=C/c1ccc2c(C)cc(C)c(O)c2n1.COc1ncccc1/C=C/c1ccc2c(C)cc(C)c(O)c2n1.Cc1cc(C)c2ccc(/C=C/c3ccc(F)nc3)nc2c1O.Cc1cc(C)c2ccc(/C=C/c3cccnc3Br)nc2c1O.Cc1cc(C)c2ccc(/C=C/c3cccnc3N)nc2c1O.Cc1cc(C)c2ccc(/C=C/c3cccnc3OC(C)C)nc2c1O. The van der Waals surface area contributed by atoms with Crippen LogP contribution in [0.2, 0.25) is 0 Å². The molecule has 0 aliphatic heterocycles. The van der Waals surface area contributed by atoms with Gasteiger partial charge in [0.2, 0.25) is 23.6 Å². The highest BCUT2D eigenvalue weighted by Gasteiger charge is 2.17. The van der Waals surface area contributed by atoms with Crippen LogP contribution >= 0.6 is 15.9 Å². The van der Waals surface area contributed by atoms with Crippen LogP contribution in [0.3, 0.4) is 0 Å². The molecular formula is C115H109BrFN13O9. The maximum atomic E-state index is 12.8. The number of anilines is 1. The molecule has 12 heterocycles. The van der Waals surface area contributed by atoms with Gasteiger partial charge >= 0.3 is 0 Å². The number of nitrogens with zero attached hydrogens (tertiary/aromatic N) is 12. The summed E-state index contributed by atoms with van der Waals surface area (Å²) in [4.78, 5) is 51.9. The van der Waals surface area contributed by atoms with Crippen LogP contribution in [-0.2, 0) is 0 Å². The molecule has 702 valence electrons. The molecule has 18 aromatic rings. The molecule has 0 spiro atoms. The van der Waals surface area contributed by atoms with E-state index in [1.54, 1.807) is 50.2 Å². The van der Waals surface area contributed by atoms with E-state index in [0.29, 0.717) is 63.2 Å². The maximum absolute atomic E-state index is 12.8. The lowest BCUT2D eigenvalue weighted by atomic mass is 10.0. The predicted octanol–water partition coefficient (Wildman–Crippen LogP) is 26.8. The number of rotatable bonds is 18. The van der Waals surface area contributed by atoms with E-state index in [0.717, 1.165) is 178 Å². The Balaban J connectivity index is 0.000000141. The molecule has 0 unspecified atom stereocenters. The van der Waals surface area contributed by atoms with Crippen molar-refractivity contribution in [1.29, 1.82) is 0 Å². The van der Waals surface area contributed by atoms with Crippen LogP contribution in [0.25, 0.3) is 138 Å². The highest BCUT2D eigenvalue weighted by molar-refractivity contribution is 9.10. The average Bonchev–Trinajstić information content (AvgIpc) is 0.812. The quantitative estimate of drug-likeness (QED) is 0.0392. The summed E-state index contributed by atoms with van der Waals surface area (Å²) in [7, 11) is 1.59. The molecule has 0 aliphatic carbocycles. The highest BCUT2D eigenvalue weighted by atomic mass is 79.9. The number of halogens is 2. The summed E-state index contributed by atoms with van der Waals surface area (Å²) in [6.07, 6.45) is 33.7. The minimum atomic E-state index is -0.503. The third kappa shape index (κ3) is 25.2. The smallest absolute Gasteiger partial charge is 0.220 e. The molecule has 0 bridgehead atoms. The number of aromatic hydroxyl groups is 6. The van der Waals surface area contributed by atoms with Gasteiger partial charge in [-0.25, -0.2) is 59.8 Å². The van der Waals surface area contributed by atoms with E-state index >= 15 is 0 Å². The zero-order chi connectivity index (χ0) is 99.3. The number of aromatic nitrogens is 12. The van der Waals surface area contributed by atoms with Gasteiger partial charge in [0, 0.05) is 97.3 Å². The van der Waals surface area contributed by atoms with E-state index in [2.05, 4.69) is 82.7 Å². The standard InChI is InChI=1S/2C21H22N2O2.C19H18N2O2.C18H15BrN2O.C18H15FN2O.C18H17N3O/c1-13(2)25-21-16(6-5-11-22-21)7-8-17-9-10-18-14(3)12-15(4)20(24)19(18)23-17;1-4-12-25-21-16(6-5-11-22-21)7-8-17-9-10-18-14(2)13-15(3)20(24)19(18)23-17;1-12-11-13(2)18(22)17-16(12)9-8-15(21-17)7-6-14-5-4-10-20-19(14)23-3;1-11-10-12(2)17(22)16-15(11)8-7-14(21-16)6-5-13-4-3-9-20-18(13)19;1-11-9-12(2)18(22)17-15(11)7-6-14(21-17)5-3-13-4-8-16(19)20-10-13;1-11-10-12(2)17(22)16-15(11)8-7-14(21-16)6-5-13-4-3-9-20-18(13)19/h5-13,24H,1-4H3;5-11,13,24H,4,12H2,1-3H3;4-11,22H,1-3H3;2*3-10,22H,1-2H3;3-10,22H,1-2H3,(H2,19,20)/b2*8-7+;7-6+;6-5+;5-3+;6-5+. The van der Waals surface area contributed by atoms with Crippen molar-refractivity contribution < 1.29 is 49.2 Å². The topological polar surface area (TPSA) is 330 Å². The molecule has 0 radical (unpaired) electrons. The molecule has 0 saturated heterocycles. The summed E-state index contributed by atoms with van der Waals surface area (Å²) in [5.41, 5.74) is 31.0. The van der Waals surface area contributed by atoms with Gasteiger partial charge in [0.05, 0.1) is 54.0 Å². The molecule has 0 aliphatic rings. The fraction of sp³-hybridized carbons (Fsp3) is 0.165. The molecule has 0 fully saturated rings. The van der Waals surface area contributed by atoms with E-state index in [9.17, 15) is 35.0 Å². The van der Waals surface area contributed by atoms with Crippen molar-refractivity contribution in [1.82, 2.24) is 59.8 Å². The maximum Gasteiger partial charge on any atom is 0.220 e. The van der Waals surface area contributed by atoms with Gasteiger partial charge in [-0.1, -0.05) is 97.9 Å². The van der Waals surface area contributed by atoms with Crippen LogP contribution in [0.5, 0.6) is 52.1 Å². The summed E-state index contributed by atoms with van der Waals surface area (Å²) in [5.74, 6) is 3.17. The third-order valence-electron chi connectivity index (χ3n) is 22.6. The second-order valence-corrected chi connectivity index (χ2v) is 34.4. The lowest BCUT2D eigenvalue weighted by molar-refractivity contribution is 0.232. The molecule has 18 rings (SSSR count). The largest absolute Gasteiger partial charge is 0.505 e. The lowest BCUT2D eigenvalue weighted by Gasteiger charge is -2.10. The molecule has 22 nitrogen and oxygen atoms in total. The first-order chi connectivity index (χ1) is 66.8. The van der Waals surface area contributed by atoms with E-state index in [4.69, 9.17) is 19.9 Å². The van der Waals surface area contributed by atoms with E-state index < -0.39 is 5.95 Å². The fourth-order valence-electron chi connectivity index (χ4n) is 15.4. The first-order valence-corrected chi connectivity index (χ1v) is 45.9. The highest BCUT2D eigenvalue weighted by Crippen LogP contribution is 2.38. The van der Waals surface area contributed by atoms with E-state index in [1.807, 2.05) is 334 Å². The van der Waals surface area contributed by atoms with Crippen LogP contribution in [-0.4, -0.2) is 110 Å². The molecule has 12 aromatic heterocycles. The van der Waals surface area contributed by atoms with Crippen molar-refractivity contribution in [2.24, 2.45) is 0 Å². The number of benzene rings is 6. The first-order valence-electron chi connectivity index (χ1n) is 45.1. The van der Waals surface area contributed by atoms with Crippen LogP contribution in [0.15, 0.2) is 224 Å². The van der Waals surface area contributed by atoms with Gasteiger partial charge in [-0.3, -0.25) is 0 Å². The number of pyridine rings is 12. The summed E-state index contributed by atoms with van der Waals surface area (Å²) >= 11 is 3.42. The lowest BCUT2D eigenvalue weighted by Crippen LogP contribution is -2.07. The molecule has 139 heavy (non-hydrogen) atoms. The molecule has 0 amide bonds. The van der Waals surface area contributed by atoms with Crippen molar-refractivity contribution in [2.45, 2.75) is 116 Å². The number of phenolic OH excluding ortho intramolecular Hbond substituents is 6. The molecule has 0 atom stereocenters. The molecular weight excluding hydrogens is 1810 g/mol. The summed E-state index contributed by atoms with van der Waals surface area (Å²) in [5, 5.41) is 67.3. The second kappa shape index (κ2) is 46.2. The number of aryl methyl sites for hydroxylation is 12. The van der Waals surface area contributed by atoms with Crippen LogP contribution in [0.4, 0.5) is 10.2 Å². The summed E-state index contributed by atoms with van der Waals surface area (Å²) < 4.78 is 30.2. The number of fused-ring (bicyclic) bond motifs is 6. The Kier molecular flexibility index (Phi) is 33.2. The summed E-state index contributed by atoms with van der Waals surface area (Å²) in [6.45, 7) is 30.0. The fourth-order valence-corrected chi connectivity index (χ4v) is 15.8. The predicted molar refractivity (Wildman–Crippen MR) is 566 cm³/mol. The average molecular weight is 1920 g/mol. The summed E-state index contributed by atoms with van der Waals surface area (Å²) in [6, 6.07) is 57.3. The van der Waals surface area contributed by atoms with Crippen molar-refractivity contribution >= 4 is 160 Å². The number of ether oxygens (including phenoxy) is 3. The van der Waals surface area contributed by atoms with Gasteiger partial charge in [-0.15, -0.1) is 0 Å². The van der Waals surface area contributed by atoms with Gasteiger partial charge in [0.1, 0.15) is 78.0 Å². The number of hydrogen-bond donors (Lipinski definition) is 7. The van der Waals surface area contributed by atoms with Crippen molar-refractivity contribution in [3.63, 3.8) is 0 Å². The molecule has 8 N–H and O–H groups in total. The molecule has 6 aromatic carbocycles.